The van der Waals surface area contributed by atoms with E-state index in [1.807, 2.05) is 41.8 Å². The average Bonchev–Trinajstić information content (AvgIpc) is 3.06. The lowest BCUT2D eigenvalue weighted by Crippen LogP contribution is -2.35. The molecule has 0 aliphatic heterocycles. The van der Waals surface area contributed by atoms with Crippen molar-refractivity contribution < 1.29 is 9.90 Å². The standard InChI is InChI=1S/C17H14N2O2S/c1-11(16-7-4-8-22-16)18-19-17(21)14-9-12-5-2-3-6-13(12)10-15(14)20/h2-10,18,20H,1H2,(H,19,21). The van der Waals surface area contributed by atoms with Gasteiger partial charge in [0.25, 0.3) is 5.91 Å². The van der Waals surface area contributed by atoms with E-state index in [2.05, 4.69) is 17.4 Å². The maximum atomic E-state index is 12.2. The molecule has 22 heavy (non-hydrogen) atoms. The van der Waals surface area contributed by atoms with Crippen LogP contribution < -0.4 is 10.9 Å². The fourth-order valence-electron chi connectivity index (χ4n) is 2.12. The summed E-state index contributed by atoms with van der Waals surface area (Å²) in [5, 5.41) is 13.7. The maximum Gasteiger partial charge on any atom is 0.273 e. The number of nitrogens with one attached hydrogen (secondary N) is 2. The Morgan fingerprint density at radius 3 is 2.45 bits per heavy atom. The second-order valence-corrected chi connectivity index (χ2v) is 5.70. The zero-order chi connectivity index (χ0) is 15.5. The smallest absolute Gasteiger partial charge is 0.273 e. The monoisotopic (exact) mass is 310 g/mol. The number of carbonyl (C=O) groups excluding carboxylic acids is 1. The molecule has 0 saturated carbocycles. The van der Waals surface area contributed by atoms with Crippen LogP contribution in [0.3, 0.4) is 0 Å². The van der Waals surface area contributed by atoms with Crippen LogP contribution in [0.1, 0.15) is 15.2 Å². The highest BCUT2D eigenvalue weighted by atomic mass is 32.1. The third-order valence-electron chi connectivity index (χ3n) is 3.25. The van der Waals surface area contributed by atoms with Gasteiger partial charge in [0.15, 0.2) is 0 Å². The zero-order valence-corrected chi connectivity index (χ0v) is 12.5. The van der Waals surface area contributed by atoms with E-state index in [-0.39, 0.29) is 11.3 Å². The van der Waals surface area contributed by atoms with Crippen molar-refractivity contribution in [3.63, 3.8) is 0 Å². The Labute approximate surface area is 131 Å². The van der Waals surface area contributed by atoms with Crippen LogP contribution in [0.2, 0.25) is 0 Å². The summed E-state index contributed by atoms with van der Waals surface area (Å²) < 4.78 is 0. The van der Waals surface area contributed by atoms with E-state index < -0.39 is 5.91 Å². The van der Waals surface area contributed by atoms with Crippen LogP contribution in [-0.4, -0.2) is 11.0 Å². The van der Waals surface area contributed by atoms with Crippen LogP contribution in [0.15, 0.2) is 60.5 Å². The summed E-state index contributed by atoms with van der Waals surface area (Å²) in [4.78, 5) is 13.1. The highest BCUT2D eigenvalue weighted by molar-refractivity contribution is 7.11. The number of hydrogen-bond acceptors (Lipinski definition) is 4. The molecule has 3 N–H and O–H groups in total. The van der Waals surface area contributed by atoms with E-state index in [0.29, 0.717) is 5.70 Å². The number of fused-ring (bicyclic) bond motifs is 1. The molecule has 3 rings (SSSR count). The van der Waals surface area contributed by atoms with Gasteiger partial charge in [0.05, 0.1) is 16.1 Å². The number of benzene rings is 2. The van der Waals surface area contributed by atoms with E-state index in [4.69, 9.17) is 0 Å². The summed E-state index contributed by atoms with van der Waals surface area (Å²) in [6.07, 6.45) is 0. The molecule has 0 atom stereocenters. The number of phenols is 1. The molecule has 0 fully saturated rings. The van der Waals surface area contributed by atoms with Gasteiger partial charge in [0.1, 0.15) is 5.75 Å². The molecule has 2 aromatic carbocycles. The van der Waals surface area contributed by atoms with Crippen molar-refractivity contribution in [2.24, 2.45) is 0 Å². The number of carbonyl (C=O) groups is 1. The zero-order valence-electron chi connectivity index (χ0n) is 11.7. The summed E-state index contributed by atoms with van der Waals surface area (Å²) in [6.45, 7) is 3.86. The fraction of sp³-hybridized carbons (Fsp3) is 0. The lowest BCUT2D eigenvalue weighted by Gasteiger charge is -2.11. The van der Waals surface area contributed by atoms with Crippen molar-refractivity contribution in [1.82, 2.24) is 10.9 Å². The van der Waals surface area contributed by atoms with Crippen LogP contribution in [0.4, 0.5) is 0 Å². The van der Waals surface area contributed by atoms with Crippen LogP contribution in [0.25, 0.3) is 16.5 Å². The second kappa shape index (κ2) is 5.91. The minimum atomic E-state index is -0.416. The molecule has 5 heteroatoms. The summed E-state index contributed by atoms with van der Waals surface area (Å²) in [7, 11) is 0. The van der Waals surface area contributed by atoms with Crippen molar-refractivity contribution in [3.8, 4) is 5.75 Å². The van der Waals surface area contributed by atoms with Gasteiger partial charge in [-0.2, -0.15) is 0 Å². The van der Waals surface area contributed by atoms with Gasteiger partial charge in [-0.3, -0.25) is 15.6 Å². The molecule has 4 nitrogen and oxygen atoms in total. The van der Waals surface area contributed by atoms with Gasteiger partial charge in [-0.05, 0) is 34.4 Å². The van der Waals surface area contributed by atoms with Gasteiger partial charge in [0, 0.05) is 0 Å². The highest BCUT2D eigenvalue weighted by Crippen LogP contribution is 2.24. The first kappa shape index (κ1) is 14.2. The third-order valence-corrected chi connectivity index (χ3v) is 4.18. The molecule has 1 aromatic heterocycles. The lowest BCUT2D eigenvalue weighted by molar-refractivity contribution is 0.0940. The van der Waals surface area contributed by atoms with Gasteiger partial charge < -0.3 is 5.11 Å². The third kappa shape index (κ3) is 2.80. The van der Waals surface area contributed by atoms with E-state index >= 15 is 0 Å². The Kier molecular flexibility index (Phi) is 3.80. The minimum absolute atomic E-state index is 0.0558. The Balaban J connectivity index is 1.77. The van der Waals surface area contributed by atoms with Crippen LogP contribution in [0.5, 0.6) is 5.75 Å². The molecule has 0 spiro atoms. The first-order valence-corrected chi connectivity index (χ1v) is 7.54. The second-order valence-electron chi connectivity index (χ2n) is 4.75. The van der Waals surface area contributed by atoms with Gasteiger partial charge in [-0.25, -0.2) is 0 Å². The molecule has 0 radical (unpaired) electrons. The Hall–Kier alpha value is -2.79. The first-order valence-electron chi connectivity index (χ1n) is 6.66. The summed E-state index contributed by atoms with van der Waals surface area (Å²) in [5.41, 5.74) is 6.13. The Morgan fingerprint density at radius 2 is 1.77 bits per heavy atom. The van der Waals surface area contributed by atoms with Gasteiger partial charge >= 0.3 is 0 Å². The Bertz CT molecular complexity index is 841. The quantitative estimate of drug-likeness (QED) is 0.646. The molecule has 0 aliphatic rings. The molecule has 0 aliphatic carbocycles. The molecule has 0 saturated heterocycles. The topological polar surface area (TPSA) is 61.4 Å². The first-order chi connectivity index (χ1) is 10.6. The molecule has 0 bridgehead atoms. The van der Waals surface area contributed by atoms with E-state index in [1.54, 1.807) is 12.1 Å². The molecule has 0 unspecified atom stereocenters. The number of amides is 1. The largest absolute Gasteiger partial charge is 0.507 e. The van der Waals surface area contributed by atoms with Crippen LogP contribution in [-0.2, 0) is 0 Å². The average molecular weight is 310 g/mol. The van der Waals surface area contributed by atoms with Gasteiger partial charge in [0.2, 0.25) is 0 Å². The highest BCUT2D eigenvalue weighted by Gasteiger charge is 2.12. The number of hydrogen-bond donors (Lipinski definition) is 3. The number of aromatic hydroxyl groups is 1. The van der Waals surface area contributed by atoms with E-state index in [0.717, 1.165) is 15.6 Å². The fourth-order valence-corrected chi connectivity index (χ4v) is 2.78. The maximum absolute atomic E-state index is 12.2. The SMILES string of the molecule is C=C(NNC(=O)c1cc2ccccc2cc1O)c1cccs1. The van der Waals surface area contributed by atoms with E-state index in [9.17, 15) is 9.90 Å². The number of hydrazine groups is 1. The molecule has 3 aromatic rings. The van der Waals surface area contributed by atoms with Crippen molar-refractivity contribution in [1.29, 1.82) is 0 Å². The van der Waals surface area contributed by atoms with Crippen LogP contribution >= 0.6 is 11.3 Å². The minimum Gasteiger partial charge on any atom is -0.507 e. The van der Waals surface area contributed by atoms with Crippen molar-refractivity contribution >= 4 is 33.7 Å². The van der Waals surface area contributed by atoms with Crippen molar-refractivity contribution in [3.05, 3.63) is 70.9 Å². The van der Waals surface area contributed by atoms with Gasteiger partial charge in [-0.15, -0.1) is 11.3 Å². The molecular formula is C17H14N2O2S. The van der Waals surface area contributed by atoms with Crippen LogP contribution in [0, 0.1) is 0 Å². The van der Waals surface area contributed by atoms with E-state index in [1.165, 1.54) is 11.3 Å². The lowest BCUT2D eigenvalue weighted by atomic mass is 10.1. The predicted molar refractivity (Wildman–Crippen MR) is 89.6 cm³/mol. The summed E-state index contributed by atoms with van der Waals surface area (Å²) in [6, 6.07) is 14.6. The Morgan fingerprint density at radius 1 is 1.05 bits per heavy atom. The van der Waals surface area contributed by atoms with Gasteiger partial charge in [-0.1, -0.05) is 36.9 Å². The summed E-state index contributed by atoms with van der Waals surface area (Å²) in [5.74, 6) is -0.472. The number of phenolic OH excluding ortho intramolecular Hbond substituents is 1. The van der Waals surface area contributed by atoms with Crippen molar-refractivity contribution in [2.45, 2.75) is 0 Å². The number of thiophene rings is 1. The molecule has 1 amide bonds. The number of rotatable bonds is 4. The molecular weight excluding hydrogens is 296 g/mol. The molecule has 1 heterocycles. The van der Waals surface area contributed by atoms with Crippen molar-refractivity contribution in [2.75, 3.05) is 0 Å². The predicted octanol–water partition coefficient (Wildman–Crippen LogP) is 3.51. The summed E-state index contributed by atoms with van der Waals surface area (Å²) >= 11 is 1.52. The molecule has 110 valence electrons. The normalized spacial score (nSPS) is 10.4.